The highest BCUT2D eigenvalue weighted by molar-refractivity contribution is 5.89. The van der Waals surface area contributed by atoms with E-state index in [-0.39, 0.29) is 24.0 Å². The number of benzene rings is 3. The Balaban J connectivity index is 1.38. The van der Waals surface area contributed by atoms with Gasteiger partial charge in [0.05, 0.1) is 5.57 Å². The molecule has 0 spiro atoms. The van der Waals surface area contributed by atoms with Gasteiger partial charge in [-0.05, 0) is 66.0 Å². The van der Waals surface area contributed by atoms with Crippen LogP contribution in [0.5, 0.6) is 5.75 Å². The van der Waals surface area contributed by atoms with Crippen molar-refractivity contribution in [2.45, 2.75) is 38.0 Å². The van der Waals surface area contributed by atoms with Crippen molar-refractivity contribution in [2.24, 2.45) is 0 Å². The molecular weight excluding hydrogens is 414 g/mol. The summed E-state index contributed by atoms with van der Waals surface area (Å²) in [6.45, 7) is 0. The number of carboxylic acid groups (broad SMARTS) is 1. The summed E-state index contributed by atoms with van der Waals surface area (Å²) in [4.78, 5) is 24.4. The molecule has 1 aliphatic carbocycles. The van der Waals surface area contributed by atoms with Crippen molar-refractivity contribution in [1.29, 1.82) is 0 Å². The highest BCUT2D eigenvalue weighted by Crippen LogP contribution is 2.35. The quantitative estimate of drug-likeness (QED) is 0.457. The third-order valence-corrected chi connectivity index (χ3v) is 6.15. The van der Waals surface area contributed by atoms with Crippen molar-refractivity contribution >= 4 is 11.9 Å². The van der Waals surface area contributed by atoms with Crippen LogP contribution < -0.4 is 5.32 Å². The van der Waals surface area contributed by atoms with E-state index in [0.29, 0.717) is 30.5 Å². The maximum atomic E-state index is 12.7. The number of allylic oxidation sites excluding steroid dienone is 1. The average Bonchev–Trinajstić information content (AvgIpc) is 2.83. The van der Waals surface area contributed by atoms with Crippen LogP contribution in [0.1, 0.15) is 42.7 Å². The summed E-state index contributed by atoms with van der Waals surface area (Å²) in [6, 6.07) is 25.0. The number of hydrogen-bond acceptors (Lipinski definition) is 3. The van der Waals surface area contributed by atoms with Gasteiger partial charge in [0.1, 0.15) is 5.75 Å². The third-order valence-electron chi connectivity index (χ3n) is 6.15. The number of hydrogen-bond donors (Lipinski definition) is 3. The van der Waals surface area contributed by atoms with Crippen LogP contribution in [0.25, 0.3) is 11.1 Å². The molecule has 3 N–H and O–H groups in total. The lowest BCUT2D eigenvalue weighted by atomic mass is 9.82. The number of carboxylic acids is 1. The topological polar surface area (TPSA) is 86.6 Å². The molecule has 4 rings (SSSR count). The number of carbonyl (C=O) groups is 2. The summed E-state index contributed by atoms with van der Waals surface area (Å²) in [6.07, 6.45) is 2.56. The fourth-order valence-corrected chi connectivity index (χ4v) is 4.35. The first kappa shape index (κ1) is 22.3. The van der Waals surface area contributed by atoms with Gasteiger partial charge in [0, 0.05) is 12.1 Å². The lowest BCUT2D eigenvalue weighted by molar-refractivity contribution is -0.133. The number of aromatic hydroxyl groups is 1. The Morgan fingerprint density at radius 2 is 1.67 bits per heavy atom. The van der Waals surface area contributed by atoms with E-state index < -0.39 is 5.97 Å². The molecule has 0 heterocycles. The Kier molecular flexibility index (Phi) is 6.89. The maximum absolute atomic E-state index is 12.7. The van der Waals surface area contributed by atoms with Gasteiger partial charge in [0.15, 0.2) is 0 Å². The second kappa shape index (κ2) is 10.2. The lowest BCUT2D eigenvalue weighted by Crippen LogP contribution is -2.29. The Morgan fingerprint density at radius 3 is 2.36 bits per heavy atom. The van der Waals surface area contributed by atoms with Gasteiger partial charge in [-0.3, -0.25) is 4.79 Å². The summed E-state index contributed by atoms with van der Waals surface area (Å²) in [5.41, 5.74) is 4.95. The molecule has 0 saturated heterocycles. The molecular formula is C28H27NO4. The molecule has 0 unspecified atom stereocenters. The molecule has 168 valence electrons. The van der Waals surface area contributed by atoms with Crippen molar-refractivity contribution in [2.75, 3.05) is 0 Å². The zero-order chi connectivity index (χ0) is 23.2. The molecule has 0 saturated carbocycles. The van der Waals surface area contributed by atoms with Crippen molar-refractivity contribution in [3.05, 3.63) is 101 Å². The first-order chi connectivity index (χ1) is 16.0. The molecule has 0 fully saturated rings. The number of phenols is 1. The van der Waals surface area contributed by atoms with Crippen molar-refractivity contribution in [3.8, 4) is 16.9 Å². The van der Waals surface area contributed by atoms with Gasteiger partial charge >= 0.3 is 5.97 Å². The Bertz CT molecular complexity index is 1170. The van der Waals surface area contributed by atoms with Gasteiger partial charge in [0.25, 0.3) is 0 Å². The number of amides is 1. The van der Waals surface area contributed by atoms with Crippen LogP contribution in [0, 0.1) is 0 Å². The van der Waals surface area contributed by atoms with E-state index in [1.807, 2.05) is 48.5 Å². The number of aryl methyl sites for hydroxylation is 1. The number of rotatable bonds is 7. The smallest absolute Gasteiger partial charge is 0.333 e. The highest BCUT2D eigenvalue weighted by atomic mass is 16.4. The molecule has 0 aromatic heterocycles. The van der Waals surface area contributed by atoms with E-state index in [2.05, 4.69) is 17.4 Å². The average molecular weight is 442 g/mol. The highest BCUT2D eigenvalue weighted by Gasteiger charge is 2.26. The Hall–Kier alpha value is -3.86. The molecule has 3 aromatic rings. The summed E-state index contributed by atoms with van der Waals surface area (Å²) in [7, 11) is 0. The van der Waals surface area contributed by atoms with Crippen molar-refractivity contribution in [3.63, 3.8) is 0 Å². The van der Waals surface area contributed by atoms with Gasteiger partial charge in [-0.1, -0.05) is 66.7 Å². The van der Waals surface area contributed by atoms with E-state index in [4.69, 9.17) is 0 Å². The zero-order valence-corrected chi connectivity index (χ0v) is 18.3. The fraction of sp³-hybridized carbons (Fsp3) is 0.214. The summed E-state index contributed by atoms with van der Waals surface area (Å²) < 4.78 is 0. The van der Waals surface area contributed by atoms with Crippen LogP contribution in [0.2, 0.25) is 0 Å². The van der Waals surface area contributed by atoms with Crippen LogP contribution in [-0.2, 0) is 16.0 Å². The van der Waals surface area contributed by atoms with Crippen LogP contribution in [0.15, 0.2) is 90.1 Å². The minimum atomic E-state index is -0.959. The Morgan fingerprint density at radius 1 is 0.909 bits per heavy atom. The molecule has 33 heavy (non-hydrogen) atoms. The zero-order valence-electron chi connectivity index (χ0n) is 18.3. The number of carbonyl (C=O) groups excluding carboxylic acids is 1. The molecule has 1 atom stereocenters. The summed E-state index contributed by atoms with van der Waals surface area (Å²) in [5.74, 6) is -0.705. The van der Waals surface area contributed by atoms with Gasteiger partial charge < -0.3 is 15.5 Å². The number of nitrogens with one attached hydrogen (secondary N) is 1. The summed E-state index contributed by atoms with van der Waals surface area (Å²) >= 11 is 0. The molecule has 0 aliphatic heterocycles. The molecule has 0 bridgehead atoms. The van der Waals surface area contributed by atoms with Crippen LogP contribution >= 0.6 is 0 Å². The molecule has 0 radical (unpaired) electrons. The van der Waals surface area contributed by atoms with Crippen molar-refractivity contribution in [1.82, 2.24) is 5.32 Å². The van der Waals surface area contributed by atoms with E-state index >= 15 is 0 Å². The second-order valence-corrected chi connectivity index (χ2v) is 8.41. The lowest BCUT2D eigenvalue weighted by Gasteiger charge is -2.26. The number of phenolic OH excluding ortho intramolecular Hbond substituents is 1. The monoisotopic (exact) mass is 441 g/mol. The van der Waals surface area contributed by atoms with Gasteiger partial charge in [-0.15, -0.1) is 0 Å². The normalized spacial score (nSPS) is 15.8. The van der Waals surface area contributed by atoms with E-state index in [1.165, 1.54) is 5.56 Å². The predicted octanol–water partition coefficient (Wildman–Crippen LogP) is 5.41. The second-order valence-electron chi connectivity index (χ2n) is 8.41. The minimum Gasteiger partial charge on any atom is -0.508 e. The Labute approximate surface area is 193 Å². The molecule has 1 aliphatic rings. The first-order valence-corrected chi connectivity index (χ1v) is 11.2. The molecule has 5 nitrogen and oxygen atoms in total. The van der Waals surface area contributed by atoms with Gasteiger partial charge in [-0.25, -0.2) is 4.79 Å². The summed E-state index contributed by atoms with van der Waals surface area (Å²) in [5, 5.41) is 22.2. The maximum Gasteiger partial charge on any atom is 0.333 e. The minimum absolute atomic E-state index is 0.172. The number of aliphatic carboxylic acids is 1. The first-order valence-electron chi connectivity index (χ1n) is 11.2. The van der Waals surface area contributed by atoms with Gasteiger partial charge in [0.2, 0.25) is 5.91 Å². The van der Waals surface area contributed by atoms with Crippen molar-refractivity contribution < 1.29 is 19.8 Å². The predicted molar refractivity (Wildman–Crippen MR) is 128 cm³/mol. The SMILES string of the molecule is O=C(CCc1ccc(-c2cccc(O)c2)cc1)NC1=C(C(=O)O)CC[C@@H](c2ccccc2)C1. The van der Waals surface area contributed by atoms with E-state index in [9.17, 15) is 19.8 Å². The van der Waals surface area contributed by atoms with Gasteiger partial charge in [-0.2, -0.15) is 0 Å². The molecule has 1 amide bonds. The fourth-order valence-electron chi connectivity index (χ4n) is 4.35. The third kappa shape index (κ3) is 5.69. The van der Waals surface area contributed by atoms with Crippen LogP contribution in [-0.4, -0.2) is 22.1 Å². The molecule has 3 aromatic carbocycles. The van der Waals surface area contributed by atoms with Crippen LogP contribution in [0.4, 0.5) is 0 Å². The molecule has 5 heteroatoms. The standard InChI is InChI=1S/C28H27NO4/c30-24-8-4-7-22(17-24)21-12-9-19(10-13-21)11-16-27(31)29-26-18-23(14-15-25(26)28(32)33)20-5-2-1-3-6-20/h1-10,12-13,17,23,30H,11,14-16,18H2,(H,29,31)(H,32,33)/t23-/m1/s1. The largest absolute Gasteiger partial charge is 0.508 e. The van der Waals surface area contributed by atoms with Crippen LogP contribution in [0.3, 0.4) is 0 Å². The van der Waals surface area contributed by atoms with E-state index in [0.717, 1.165) is 23.1 Å². The van der Waals surface area contributed by atoms with E-state index in [1.54, 1.807) is 18.2 Å².